The number of nitrogens with zero attached hydrogens (tertiary/aromatic N) is 1. The van der Waals surface area contributed by atoms with Gasteiger partial charge in [-0.1, -0.05) is 76.7 Å². The summed E-state index contributed by atoms with van der Waals surface area (Å²) in [4.78, 5) is 4.83. The lowest BCUT2D eigenvalue weighted by molar-refractivity contribution is 1.32. The number of benzene rings is 3. The Morgan fingerprint density at radius 1 is 0.500 bits per heavy atom. The third kappa shape index (κ3) is 4.04. The van der Waals surface area contributed by atoms with Gasteiger partial charge >= 0.3 is 0 Å². The molecule has 0 aliphatic rings. The van der Waals surface area contributed by atoms with Gasteiger partial charge in [0.05, 0.1) is 21.4 Å². The molecule has 0 atom stereocenters. The zero-order valence-electron chi connectivity index (χ0n) is 14.5. The van der Waals surface area contributed by atoms with Crippen molar-refractivity contribution >= 4 is 46.4 Å². The van der Waals surface area contributed by atoms with E-state index in [9.17, 15) is 0 Å². The number of aromatic nitrogens is 1. The van der Waals surface area contributed by atoms with Crippen LogP contribution in [0.4, 0.5) is 0 Å². The van der Waals surface area contributed by atoms with E-state index in [-0.39, 0.29) is 0 Å². The van der Waals surface area contributed by atoms with Crippen LogP contribution < -0.4 is 0 Å². The van der Waals surface area contributed by atoms with Crippen molar-refractivity contribution < 1.29 is 0 Å². The minimum absolute atomic E-state index is 0.540. The van der Waals surface area contributed by atoms with E-state index in [1.54, 1.807) is 24.3 Å². The molecule has 0 amide bonds. The summed E-state index contributed by atoms with van der Waals surface area (Å²) < 4.78 is 0. The van der Waals surface area contributed by atoms with Crippen molar-refractivity contribution in [1.29, 1.82) is 0 Å². The molecule has 28 heavy (non-hydrogen) atoms. The van der Waals surface area contributed by atoms with Gasteiger partial charge in [0.1, 0.15) is 0 Å². The highest BCUT2D eigenvalue weighted by molar-refractivity contribution is 6.37. The second kappa shape index (κ2) is 8.14. The van der Waals surface area contributed by atoms with Crippen LogP contribution in [0.2, 0.25) is 20.1 Å². The lowest BCUT2D eigenvalue weighted by Crippen LogP contribution is -1.92. The molecular formula is C23H13Cl4N. The van der Waals surface area contributed by atoms with Crippen LogP contribution in [0, 0.1) is 0 Å². The molecule has 4 rings (SSSR count). The molecule has 0 fully saturated rings. The lowest BCUT2D eigenvalue weighted by Gasteiger charge is -2.12. The second-order valence-corrected chi connectivity index (χ2v) is 7.93. The summed E-state index contributed by atoms with van der Waals surface area (Å²) in [5.74, 6) is 0. The molecule has 0 aliphatic carbocycles. The molecule has 3 aromatic carbocycles. The Bertz CT molecular complexity index is 1090. The first-order chi connectivity index (χ1) is 13.5. The van der Waals surface area contributed by atoms with Gasteiger partial charge in [0.2, 0.25) is 0 Å². The van der Waals surface area contributed by atoms with Crippen molar-refractivity contribution in [2.45, 2.75) is 0 Å². The molecular weight excluding hydrogens is 432 g/mol. The van der Waals surface area contributed by atoms with Crippen molar-refractivity contribution in [1.82, 2.24) is 4.98 Å². The van der Waals surface area contributed by atoms with Crippen LogP contribution in [0.15, 0.2) is 78.9 Å². The van der Waals surface area contributed by atoms with Crippen LogP contribution in [0.1, 0.15) is 0 Å². The first-order valence-corrected chi connectivity index (χ1v) is 10.0. The zero-order chi connectivity index (χ0) is 19.7. The highest BCUT2D eigenvalue weighted by Gasteiger charge is 2.13. The smallest absolute Gasteiger partial charge is 0.0730 e. The average molecular weight is 445 g/mol. The highest BCUT2D eigenvalue weighted by atomic mass is 35.5. The molecule has 1 nitrogen and oxygen atoms in total. The normalized spacial score (nSPS) is 10.9. The zero-order valence-corrected chi connectivity index (χ0v) is 17.5. The van der Waals surface area contributed by atoms with E-state index in [0.717, 1.165) is 33.6 Å². The van der Waals surface area contributed by atoms with E-state index in [0.29, 0.717) is 20.1 Å². The fourth-order valence-electron chi connectivity index (χ4n) is 3.00. The summed E-state index contributed by atoms with van der Waals surface area (Å²) in [7, 11) is 0. The summed E-state index contributed by atoms with van der Waals surface area (Å²) in [5.41, 5.74) is 5.17. The topological polar surface area (TPSA) is 12.9 Å². The molecule has 0 spiro atoms. The Morgan fingerprint density at radius 2 is 1.00 bits per heavy atom. The first-order valence-electron chi connectivity index (χ1n) is 8.49. The van der Waals surface area contributed by atoms with Crippen LogP contribution in [-0.2, 0) is 0 Å². The van der Waals surface area contributed by atoms with Crippen molar-refractivity contribution in [3.63, 3.8) is 0 Å². The van der Waals surface area contributed by atoms with Crippen molar-refractivity contribution in [2.24, 2.45) is 0 Å². The van der Waals surface area contributed by atoms with Gasteiger partial charge in [0.25, 0.3) is 0 Å². The van der Waals surface area contributed by atoms with E-state index >= 15 is 0 Å². The Kier molecular flexibility index (Phi) is 5.61. The molecule has 0 radical (unpaired) electrons. The van der Waals surface area contributed by atoms with Gasteiger partial charge in [-0.05, 0) is 59.7 Å². The summed E-state index contributed by atoms with van der Waals surface area (Å²) in [6.07, 6.45) is 0. The third-order valence-electron chi connectivity index (χ3n) is 4.35. The Morgan fingerprint density at radius 3 is 1.46 bits per heavy atom. The highest BCUT2D eigenvalue weighted by Crippen LogP contribution is 2.36. The van der Waals surface area contributed by atoms with Gasteiger partial charge in [-0.15, -0.1) is 0 Å². The third-order valence-corrected chi connectivity index (χ3v) is 5.44. The maximum absolute atomic E-state index is 6.44. The second-order valence-electron chi connectivity index (χ2n) is 6.24. The van der Waals surface area contributed by atoms with Crippen LogP contribution >= 0.6 is 46.4 Å². The summed E-state index contributed by atoms with van der Waals surface area (Å²) in [5, 5.41) is 2.24. The van der Waals surface area contributed by atoms with E-state index in [2.05, 4.69) is 12.1 Å². The monoisotopic (exact) mass is 443 g/mol. The number of pyridine rings is 1. The molecule has 138 valence electrons. The van der Waals surface area contributed by atoms with Gasteiger partial charge in [-0.2, -0.15) is 0 Å². The Labute approximate surface area is 183 Å². The molecule has 0 unspecified atom stereocenters. The molecule has 0 aliphatic heterocycles. The fraction of sp³-hybridized carbons (Fsp3) is 0. The molecule has 4 aromatic rings. The van der Waals surface area contributed by atoms with E-state index < -0.39 is 0 Å². The van der Waals surface area contributed by atoms with Crippen LogP contribution in [0.25, 0.3) is 33.6 Å². The summed E-state index contributed by atoms with van der Waals surface area (Å²) in [6.45, 7) is 0. The first kappa shape index (κ1) is 19.3. The molecule has 0 saturated carbocycles. The minimum Gasteiger partial charge on any atom is -0.248 e. The van der Waals surface area contributed by atoms with Crippen LogP contribution in [0.5, 0.6) is 0 Å². The SMILES string of the molecule is Clc1ccc(-c2cc(-c3ccccc3)cc(-c3ccc(Cl)cc3Cl)n2)c(Cl)c1. The predicted octanol–water partition coefficient (Wildman–Crippen LogP) is 8.70. The van der Waals surface area contributed by atoms with E-state index in [4.69, 9.17) is 51.4 Å². The molecule has 0 bridgehead atoms. The van der Waals surface area contributed by atoms with E-state index in [1.807, 2.05) is 42.5 Å². The van der Waals surface area contributed by atoms with Crippen LogP contribution in [0.3, 0.4) is 0 Å². The summed E-state index contributed by atoms with van der Waals surface area (Å²) >= 11 is 25.0. The predicted molar refractivity (Wildman–Crippen MR) is 121 cm³/mol. The van der Waals surface area contributed by atoms with Crippen molar-refractivity contribution in [3.05, 3.63) is 99.0 Å². The van der Waals surface area contributed by atoms with Gasteiger partial charge in [0.15, 0.2) is 0 Å². The molecule has 0 N–H and O–H groups in total. The maximum atomic E-state index is 6.44. The van der Waals surface area contributed by atoms with Crippen LogP contribution in [-0.4, -0.2) is 4.98 Å². The van der Waals surface area contributed by atoms with E-state index in [1.165, 1.54) is 0 Å². The van der Waals surface area contributed by atoms with Gasteiger partial charge < -0.3 is 0 Å². The Hall–Kier alpha value is -2.03. The average Bonchev–Trinajstić information content (AvgIpc) is 2.68. The largest absolute Gasteiger partial charge is 0.248 e. The molecule has 0 saturated heterocycles. The maximum Gasteiger partial charge on any atom is 0.0730 e. The number of halogens is 4. The fourth-order valence-corrected chi connectivity index (χ4v) is 4.01. The number of hydrogen-bond acceptors (Lipinski definition) is 1. The molecule has 1 heterocycles. The Balaban J connectivity index is 1.96. The van der Waals surface area contributed by atoms with Gasteiger partial charge in [0, 0.05) is 21.2 Å². The minimum atomic E-state index is 0.540. The summed E-state index contributed by atoms with van der Waals surface area (Å²) in [6, 6.07) is 24.9. The lowest BCUT2D eigenvalue weighted by atomic mass is 10.00. The van der Waals surface area contributed by atoms with Gasteiger partial charge in [-0.25, -0.2) is 4.98 Å². The van der Waals surface area contributed by atoms with Gasteiger partial charge in [-0.3, -0.25) is 0 Å². The quantitative estimate of drug-likeness (QED) is 0.307. The van der Waals surface area contributed by atoms with Crippen molar-refractivity contribution in [2.75, 3.05) is 0 Å². The molecule has 5 heteroatoms. The number of rotatable bonds is 3. The standard InChI is InChI=1S/C23H13Cl4N/c24-16-6-8-18(20(26)12-16)22-10-15(14-4-2-1-3-5-14)11-23(28-22)19-9-7-17(25)13-21(19)27/h1-13H. The molecule has 1 aromatic heterocycles. The number of hydrogen-bond donors (Lipinski definition) is 0. The van der Waals surface area contributed by atoms with Crippen molar-refractivity contribution in [3.8, 4) is 33.6 Å².